The van der Waals surface area contributed by atoms with Gasteiger partial charge in [0.25, 0.3) is 0 Å². The maximum atomic E-state index is 9.93. The summed E-state index contributed by atoms with van der Waals surface area (Å²) in [5.74, 6) is 1.05. The van der Waals surface area contributed by atoms with E-state index in [0.717, 1.165) is 45.0 Å². The molecule has 0 amide bonds. The first-order valence-corrected chi connectivity index (χ1v) is 9.38. The van der Waals surface area contributed by atoms with Gasteiger partial charge in [0, 0.05) is 21.7 Å². The molecule has 1 N–H and O–H groups in total. The van der Waals surface area contributed by atoms with E-state index in [9.17, 15) is 5.11 Å². The zero-order chi connectivity index (χ0) is 19.1. The number of phenols is 1. The van der Waals surface area contributed by atoms with Crippen LogP contribution in [0, 0.1) is 0 Å². The molecular formula is C24H16ClNO2. The normalized spacial score (nSPS) is 12.0. The number of benzene rings is 3. The number of hydrogen-bond acceptors (Lipinski definition) is 3. The van der Waals surface area contributed by atoms with Crippen molar-refractivity contribution in [3.05, 3.63) is 89.4 Å². The summed E-state index contributed by atoms with van der Waals surface area (Å²) in [6, 6.07) is 24.9. The second kappa shape index (κ2) is 6.70. The Labute approximate surface area is 167 Å². The maximum Gasteiger partial charge on any atom is 0.129 e. The first-order valence-electron chi connectivity index (χ1n) is 9.00. The van der Waals surface area contributed by atoms with Crippen LogP contribution in [0.2, 0.25) is 5.02 Å². The van der Waals surface area contributed by atoms with E-state index in [1.807, 2.05) is 66.7 Å². The van der Waals surface area contributed by atoms with Gasteiger partial charge in [-0.2, -0.15) is 0 Å². The monoisotopic (exact) mass is 385 g/mol. The number of aromatic nitrogens is 1. The number of para-hydroxylation sites is 1. The summed E-state index contributed by atoms with van der Waals surface area (Å²) in [4.78, 5) is 4.95. The molecule has 2 heterocycles. The number of nitrogens with zero attached hydrogens (tertiary/aromatic N) is 1. The summed E-state index contributed by atoms with van der Waals surface area (Å²) in [6.45, 7) is 0.456. The molecule has 0 saturated heterocycles. The van der Waals surface area contributed by atoms with E-state index in [4.69, 9.17) is 21.3 Å². The predicted molar refractivity (Wildman–Crippen MR) is 112 cm³/mol. The lowest BCUT2D eigenvalue weighted by Crippen LogP contribution is -2.09. The molecule has 1 aliphatic heterocycles. The van der Waals surface area contributed by atoms with E-state index in [1.165, 1.54) is 0 Å². The zero-order valence-electron chi connectivity index (χ0n) is 14.9. The number of pyridine rings is 1. The predicted octanol–water partition coefficient (Wildman–Crippen LogP) is 6.33. The summed E-state index contributed by atoms with van der Waals surface area (Å²) < 4.78 is 5.99. The minimum Gasteiger partial charge on any atom is -0.508 e. The van der Waals surface area contributed by atoms with Crippen LogP contribution in [0.15, 0.2) is 78.9 Å². The molecule has 0 fully saturated rings. The Kier molecular flexibility index (Phi) is 4.03. The third-order valence-corrected chi connectivity index (χ3v) is 5.19. The molecule has 28 heavy (non-hydrogen) atoms. The van der Waals surface area contributed by atoms with E-state index in [-0.39, 0.29) is 5.75 Å². The second-order valence-electron chi connectivity index (χ2n) is 6.72. The highest BCUT2D eigenvalue weighted by Crippen LogP contribution is 2.42. The van der Waals surface area contributed by atoms with E-state index in [2.05, 4.69) is 0 Å². The molecule has 4 aromatic rings. The van der Waals surface area contributed by atoms with Crippen LogP contribution in [-0.2, 0) is 6.61 Å². The first-order chi connectivity index (χ1) is 13.7. The van der Waals surface area contributed by atoms with Crippen LogP contribution < -0.4 is 4.74 Å². The molecule has 4 heteroatoms. The van der Waals surface area contributed by atoms with Crippen molar-refractivity contribution >= 4 is 11.6 Å². The smallest absolute Gasteiger partial charge is 0.129 e. The van der Waals surface area contributed by atoms with Crippen molar-refractivity contribution < 1.29 is 9.84 Å². The minimum atomic E-state index is 0.216. The number of ether oxygens (including phenoxy) is 1. The Hall–Kier alpha value is -3.30. The summed E-state index contributed by atoms with van der Waals surface area (Å²) in [7, 11) is 0. The van der Waals surface area contributed by atoms with Crippen molar-refractivity contribution in [2.45, 2.75) is 6.61 Å². The van der Waals surface area contributed by atoms with Gasteiger partial charge in [0.05, 0.1) is 11.4 Å². The largest absolute Gasteiger partial charge is 0.508 e. The lowest BCUT2D eigenvalue weighted by atomic mass is 9.92. The summed E-state index contributed by atoms with van der Waals surface area (Å²) in [6.07, 6.45) is 0. The fourth-order valence-electron chi connectivity index (χ4n) is 3.58. The summed E-state index contributed by atoms with van der Waals surface area (Å²) >= 11 is 6.09. The standard InChI is InChI=1S/C24H16ClNO2/c25-17-10-8-15(9-11-17)20-13-22(16-4-3-5-18(27)12-16)26-24-19-6-1-2-7-23(19)28-14-21(20)24/h1-13,27H,14H2. The van der Waals surface area contributed by atoms with Crippen molar-refractivity contribution in [2.75, 3.05) is 0 Å². The molecule has 0 spiro atoms. The number of halogens is 1. The molecule has 0 unspecified atom stereocenters. The van der Waals surface area contributed by atoms with Crippen molar-refractivity contribution in [1.29, 1.82) is 0 Å². The second-order valence-corrected chi connectivity index (χ2v) is 7.16. The van der Waals surface area contributed by atoms with E-state index >= 15 is 0 Å². The molecule has 5 rings (SSSR count). The number of fused-ring (bicyclic) bond motifs is 3. The van der Waals surface area contributed by atoms with Gasteiger partial charge in [0.1, 0.15) is 18.1 Å². The van der Waals surface area contributed by atoms with Crippen LogP contribution >= 0.6 is 11.6 Å². The fraction of sp³-hybridized carbons (Fsp3) is 0.0417. The lowest BCUT2D eigenvalue weighted by molar-refractivity contribution is 0.302. The van der Waals surface area contributed by atoms with Gasteiger partial charge in [-0.15, -0.1) is 0 Å². The van der Waals surface area contributed by atoms with Gasteiger partial charge in [0.2, 0.25) is 0 Å². The molecule has 3 nitrogen and oxygen atoms in total. The van der Waals surface area contributed by atoms with Crippen LogP contribution in [0.4, 0.5) is 0 Å². The molecule has 0 bridgehead atoms. The van der Waals surface area contributed by atoms with Crippen molar-refractivity contribution in [1.82, 2.24) is 4.98 Å². The van der Waals surface area contributed by atoms with Crippen LogP contribution in [0.1, 0.15) is 5.56 Å². The highest BCUT2D eigenvalue weighted by Gasteiger charge is 2.23. The Morgan fingerprint density at radius 3 is 2.46 bits per heavy atom. The number of rotatable bonds is 2. The number of hydrogen-bond donors (Lipinski definition) is 1. The molecule has 0 aliphatic carbocycles. The minimum absolute atomic E-state index is 0.216. The van der Waals surface area contributed by atoms with Gasteiger partial charge < -0.3 is 9.84 Å². The molecule has 1 aromatic heterocycles. The molecule has 0 radical (unpaired) electrons. The van der Waals surface area contributed by atoms with Crippen LogP contribution in [0.3, 0.4) is 0 Å². The van der Waals surface area contributed by atoms with Crippen LogP contribution in [-0.4, -0.2) is 10.1 Å². The molecule has 0 atom stereocenters. The zero-order valence-corrected chi connectivity index (χ0v) is 15.6. The maximum absolute atomic E-state index is 9.93. The Morgan fingerprint density at radius 2 is 1.64 bits per heavy atom. The van der Waals surface area contributed by atoms with E-state index < -0.39 is 0 Å². The SMILES string of the molecule is Oc1cccc(-c2cc(-c3ccc(Cl)cc3)c3c(n2)-c2ccccc2OC3)c1. The molecule has 1 aliphatic rings. The van der Waals surface area contributed by atoms with Gasteiger partial charge in [0.15, 0.2) is 0 Å². The van der Waals surface area contributed by atoms with Gasteiger partial charge >= 0.3 is 0 Å². The van der Waals surface area contributed by atoms with Gasteiger partial charge in [-0.25, -0.2) is 4.98 Å². The van der Waals surface area contributed by atoms with Crippen LogP contribution in [0.25, 0.3) is 33.6 Å². The molecule has 0 saturated carbocycles. The van der Waals surface area contributed by atoms with Crippen LogP contribution in [0.5, 0.6) is 11.5 Å². The lowest BCUT2D eigenvalue weighted by Gasteiger charge is -2.23. The van der Waals surface area contributed by atoms with Gasteiger partial charge in [-0.1, -0.05) is 48.0 Å². The fourth-order valence-corrected chi connectivity index (χ4v) is 3.70. The number of phenolic OH excluding ortho intramolecular Hbond substituents is 1. The Balaban J connectivity index is 1.79. The molecular weight excluding hydrogens is 370 g/mol. The Morgan fingerprint density at radius 1 is 0.821 bits per heavy atom. The highest BCUT2D eigenvalue weighted by atomic mass is 35.5. The number of aromatic hydroxyl groups is 1. The third kappa shape index (κ3) is 2.90. The summed E-state index contributed by atoms with van der Waals surface area (Å²) in [5.41, 5.74) is 6.69. The average molecular weight is 386 g/mol. The van der Waals surface area contributed by atoms with E-state index in [1.54, 1.807) is 12.1 Å². The van der Waals surface area contributed by atoms with E-state index in [0.29, 0.717) is 11.6 Å². The topological polar surface area (TPSA) is 42.4 Å². The first kappa shape index (κ1) is 16.8. The summed E-state index contributed by atoms with van der Waals surface area (Å²) in [5, 5.41) is 10.6. The van der Waals surface area contributed by atoms with Crippen molar-refractivity contribution in [3.8, 4) is 45.1 Å². The Bertz CT molecular complexity index is 1190. The quantitative estimate of drug-likeness (QED) is 0.438. The molecule has 3 aromatic carbocycles. The van der Waals surface area contributed by atoms with Crippen molar-refractivity contribution in [3.63, 3.8) is 0 Å². The van der Waals surface area contributed by atoms with Gasteiger partial charge in [-0.3, -0.25) is 0 Å². The average Bonchev–Trinajstić information content (AvgIpc) is 2.73. The molecule has 136 valence electrons. The van der Waals surface area contributed by atoms with Gasteiger partial charge in [-0.05, 0) is 53.6 Å². The third-order valence-electron chi connectivity index (χ3n) is 4.94. The van der Waals surface area contributed by atoms with Crippen molar-refractivity contribution in [2.24, 2.45) is 0 Å². The highest BCUT2D eigenvalue weighted by molar-refractivity contribution is 6.30.